The molecule has 0 saturated carbocycles. The second-order valence-corrected chi connectivity index (χ2v) is 2.44. The van der Waals surface area contributed by atoms with Crippen molar-refractivity contribution in [1.29, 1.82) is 0 Å². The molecule has 11 heavy (non-hydrogen) atoms. The molecule has 53 valence electrons. The first-order chi connectivity index (χ1) is 5.36. The molecule has 0 aliphatic heterocycles. The average molecular weight is 143 g/mol. The van der Waals surface area contributed by atoms with Crippen molar-refractivity contribution in [3.8, 4) is 0 Å². The van der Waals surface area contributed by atoms with Crippen LogP contribution in [0.15, 0.2) is 24.4 Å². The van der Waals surface area contributed by atoms with E-state index < -0.39 is 0 Å². The van der Waals surface area contributed by atoms with Gasteiger partial charge in [-0.1, -0.05) is 0 Å². The molecule has 1 radical (unpaired) electrons. The summed E-state index contributed by atoms with van der Waals surface area (Å²) in [6, 6.07) is 5.82. The zero-order valence-corrected chi connectivity index (χ0v) is 6.20. The highest BCUT2D eigenvalue weighted by Gasteiger charge is 1.92. The van der Waals surface area contributed by atoms with Crippen LogP contribution in [0.25, 0.3) is 10.9 Å². The molecular formula is C9H7N2. The van der Waals surface area contributed by atoms with E-state index in [4.69, 9.17) is 0 Å². The first kappa shape index (κ1) is 6.28. The topological polar surface area (TPSA) is 25.8 Å². The van der Waals surface area contributed by atoms with Gasteiger partial charge in [0.05, 0.1) is 11.7 Å². The number of nitrogens with zero attached hydrogens (tertiary/aromatic N) is 2. The van der Waals surface area contributed by atoms with E-state index >= 15 is 0 Å². The van der Waals surface area contributed by atoms with Crippen molar-refractivity contribution in [3.05, 3.63) is 36.3 Å². The first-order valence-electron chi connectivity index (χ1n) is 3.46. The molecule has 0 bridgehead atoms. The van der Waals surface area contributed by atoms with E-state index in [0.717, 1.165) is 16.6 Å². The standard InChI is InChI=1S/C9H7N2/c1-7-2-3-8-6-10-5-4-9(8)11-7/h2-5H,1H3. The van der Waals surface area contributed by atoms with Crippen molar-refractivity contribution in [1.82, 2.24) is 9.97 Å². The quantitative estimate of drug-likeness (QED) is 0.561. The molecule has 2 heterocycles. The van der Waals surface area contributed by atoms with Crippen molar-refractivity contribution in [2.75, 3.05) is 0 Å². The normalized spacial score (nSPS) is 10.3. The van der Waals surface area contributed by atoms with Gasteiger partial charge < -0.3 is 0 Å². The third kappa shape index (κ3) is 1.07. The van der Waals surface area contributed by atoms with E-state index in [0.29, 0.717) is 0 Å². The Bertz CT molecular complexity index is 382. The molecule has 0 atom stereocenters. The number of hydrogen-bond donors (Lipinski definition) is 0. The summed E-state index contributed by atoms with van der Waals surface area (Å²) in [6.45, 7) is 1.97. The SMILES string of the molecule is Cc1ccc2[c]nccc2n1. The summed E-state index contributed by atoms with van der Waals surface area (Å²) < 4.78 is 0. The van der Waals surface area contributed by atoms with Gasteiger partial charge in [0.1, 0.15) is 0 Å². The lowest BCUT2D eigenvalue weighted by atomic mass is 10.2. The summed E-state index contributed by atoms with van der Waals surface area (Å²) in [4.78, 5) is 8.18. The minimum absolute atomic E-state index is 0.958. The van der Waals surface area contributed by atoms with Crippen LogP contribution in [0.2, 0.25) is 0 Å². The van der Waals surface area contributed by atoms with E-state index in [9.17, 15) is 0 Å². The minimum Gasteiger partial charge on any atom is -0.254 e. The molecule has 0 aliphatic rings. The molecule has 2 aromatic rings. The number of fused-ring (bicyclic) bond motifs is 1. The Kier molecular flexibility index (Phi) is 1.32. The van der Waals surface area contributed by atoms with E-state index in [1.165, 1.54) is 0 Å². The third-order valence-electron chi connectivity index (χ3n) is 1.56. The Labute approximate surface area is 64.9 Å². The second-order valence-electron chi connectivity index (χ2n) is 2.44. The van der Waals surface area contributed by atoms with E-state index in [-0.39, 0.29) is 0 Å². The summed E-state index contributed by atoms with van der Waals surface area (Å²) in [5.41, 5.74) is 1.98. The zero-order chi connectivity index (χ0) is 7.68. The summed E-state index contributed by atoms with van der Waals surface area (Å²) in [7, 11) is 0. The third-order valence-corrected chi connectivity index (χ3v) is 1.56. The number of hydrogen-bond acceptors (Lipinski definition) is 2. The zero-order valence-electron chi connectivity index (χ0n) is 6.20. The molecule has 0 fully saturated rings. The predicted octanol–water partition coefficient (Wildman–Crippen LogP) is 1.74. The van der Waals surface area contributed by atoms with Gasteiger partial charge in [0.25, 0.3) is 0 Å². The molecule has 0 N–H and O–H groups in total. The maximum absolute atomic E-state index is 4.30. The highest BCUT2D eigenvalue weighted by atomic mass is 14.7. The molecule has 0 unspecified atom stereocenters. The molecule has 2 aromatic heterocycles. The van der Waals surface area contributed by atoms with Gasteiger partial charge in [-0.05, 0) is 25.1 Å². The fourth-order valence-electron chi connectivity index (χ4n) is 1.01. The fourth-order valence-corrected chi connectivity index (χ4v) is 1.01. The van der Waals surface area contributed by atoms with Crippen molar-refractivity contribution in [2.24, 2.45) is 0 Å². The van der Waals surface area contributed by atoms with Crippen molar-refractivity contribution >= 4 is 10.9 Å². The van der Waals surface area contributed by atoms with Crippen LogP contribution < -0.4 is 0 Å². The van der Waals surface area contributed by atoms with Crippen molar-refractivity contribution < 1.29 is 0 Å². The Morgan fingerprint density at radius 3 is 3.09 bits per heavy atom. The van der Waals surface area contributed by atoms with Gasteiger partial charge in [0.2, 0.25) is 0 Å². The lowest BCUT2D eigenvalue weighted by Gasteiger charge is -1.94. The van der Waals surface area contributed by atoms with Crippen LogP contribution >= 0.6 is 0 Å². The molecule has 0 amide bonds. The van der Waals surface area contributed by atoms with Gasteiger partial charge in [0.15, 0.2) is 0 Å². The number of aryl methyl sites for hydroxylation is 1. The van der Waals surface area contributed by atoms with Crippen LogP contribution in [0.4, 0.5) is 0 Å². The summed E-state index contributed by atoms with van der Waals surface area (Å²) in [5.74, 6) is 0. The monoisotopic (exact) mass is 143 g/mol. The minimum atomic E-state index is 0.958. The van der Waals surface area contributed by atoms with Crippen LogP contribution in [0, 0.1) is 13.1 Å². The summed E-state index contributed by atoms with van der Waals surface area (Å²) in [6.07, 6.45) is 4.57. The highest BCUT2D eigenvalue weighted by Crippen LogP contribution is 2.08. The van der Waals surface area contributed by atoms with E-state index in [2.05, 4.69) is 16.2 Å². The number of rotatable bonds is 0. The second kappa shape index (κ2) is 2.31. The maximum atomic E-state index is 4.30. The maximum Gasteiger partial charge on any atom is 0.0987 e. The van der Waals surface area contributed by atoms with Crippen LogP contribution in [0.5, 0.6) is 0 Å². The molecule has 2 rings (SSSR count). The predicted molar refractivity (Wildman–Crippen MR) is 43.1 cm³/mol. The molecule has 0 saturated heterocycles. The molecule has 2 heteroatoms. The fraction of sp³-hybridized carbons (Fsp3) is 0.111. The van der Waals surface area contributed by atoms with Gasteiger partial charge in [0, 0.05) is 17.3 Å². The largest absolute Gasteiger partial charge is 0.254 e. The lowest BCUT2D eigenvalue weighted by molar-refractivity contribution is 1.24. The summed E-state index contributed by atoms with van der Waals surface area (Å²) >= 11 is 0. The van der Waals surface area contributed by atoms with Crippen LogP contribution in [0.3, 0.4) is 0 Å². The summed E-state index contributed by atoms with van der Waals surface area (Å²) in [5, 5.41) is 0.970. The van der Waals surface area contributed by atoms with Gasteiger partial charge in [-0.2, -0.15) is 0 Å². The van der Waals surface area contributed by atoms with Crippen LogP contribution in [-0.4, -0.2) is 9.97 Å². The first-order valence-corrected chi connectivity index (χ1v) is 3.46. The van der Waals surface area contributed by atoms with Crippen LogP contribution in [-0.2, 0) is 0 Å². The smallest absolute Gasteiger partial charge is 0.0987 e. The molecule has 0 aliphatic carbocycles. The molecule has 0 spiro atoms. The van der Waals surface area contributed by atoms with Gasteiger partial charge in [-0.25, -0.2) is 0 Å². The van der Waals surface area contributed by atoms with Gasteiger partial charge in [-0.15, -0.1) is 0 Å². The van der Waals surface area contributed by atoms with Gasteiger partial charge in [-0.3, -0.25) is 9.97 Å². The van der Waals surface area contributed by atoms with Gasteiger partial charge >= 0.3 is 0 Å². The molecule has 0 aromatic carbocycles. The Morgan fingerprint density at radius 2 is 2.18 bits per heavy atom. The van der Waals surface area contributed by atoms with Crippen molar-refractivity contribution in [2.45, 2.75) is 6.92 Å². The van der Waals surface area contributed by atoms with E-state index in [1.807, 2.05) is 25.1 Å². The Morgan fingerprint density at radius 1 is 1.27 bits per heavy atom. The highest BCUT2D eigenvalue weighted by molar-refractivity contribution is 5.76. The Balaban J connectivity index is 2.83. The molecule has 2 nitrogen and oxygen atoms in total. The van der Waals surface area contributed by atoms with E-state index in [1.54, 1.807) is 6.20 Å². The van der Waals surface area contributed by atoms with Crippen molar-refractivity contribution in [3.63, 3.8) is 0 Å². The molecular weight excluding hydrogens is 136 g/mol. The number of pyridine rings is 2. The van der Waals surface area contributed by atoms with Crippen LogP contribution in [0.1, 0.15) is 5.69 Å². The number of aromatic nitrogens is 2. The Hall–Kier alpha value is -1.44. The lowest BCUT2D eigenvalue weighted by Crippen LogP contribution is -1.82. The average Bonchev–Trinajstić information content (AvgIpc) is 2.04.